The molecule has 0 aliphatic carbocycles. The zero-order valence-electron chi connectivity index (χ0n) is 19.4. The molecule has 0 spiro atoms. The summed E-state index contributed by atoms with van der Waals surface area (Å²) in [4.78, 5) is 17.3. The number of hydrogen-bond acceptors (Lipinski definition) is 6. The van der Waals surface area contributed by atoms with Gasteiger partial charge in [0.2, 0.25) is 0 Å². The molecule has 1 fully saturated rings. The van der Waals surface area contributed by atoms with E-state index in [2.05, 4.69) is 50.7 Å². The molecule has 0 atom stereocenters. The van der Waals surface area contributed by atoms with Crippen LogP contribution in [0.4, 0.5) is 0 Å². The molecule has 1 saturated heterocycles. The van der Waals surface area contributed by atoms with Crippen molar-refractivity contribution in [2.75, 3.05) is 33.3 Å². The number of phenols is 1. The number of amides is 1. The molecule has 0 unspecified atom stereocenters. The number of aromatic hydroxyl groups is 1. The molecule has 176 valence electrons. The largest absolute Gasteiger partial charge is 0.504 e. The maximum Gasteiger partial charge on any atom is 0.271 e. The van der Waals surface area contributed by atoms with E-state index in [0.717, 1.165) is 39.3 Å². The second kappa shape index (κ2) is 11.4. The maximum atomic E-state index is 12.4. The molecule has 4 rings (SSSR count). The maximum absolute atomic E-state index is 12.4. The van der Waals surface area contributed by atoms with Gasteiger partial charge >= 0.3 is 0 Å². The van der Waals surface area contributed by atoms with Gasteiger partial charge in [-0.1, -0.05) is 48.5 Å². The van der Waals surface area contributed by atoms with Crippen LogP contribution in [0.1, 0.15) is 27.0 Å². The monoisotopic (exact) mass is 458 g/mol. The zero-order chi connectivity index (χ0) is 23.8. The van der Waals surface area contributed by atoms with Crippen LogP contribution in [0.3, 0.4) is 0 Å². The molecule has 0 saturated carbocycles. The molecular formula is C27H30N4O3. The van der Waals surface area contributed by atoms with Crippen molar-refractivity contribution in [3.8, 4) is 11.5 Å². The Bertz CT molecular complexity index is 1110. The Morgan fingerprint density at radius 2 is 1.53 bits per heavy atom. The lowest BCUT2D eigenvalue weighted by Gasteiger charge is -2.34. The first-order chi connectivity index (χ1) is 16.6. The summed E-state index contributed by atoms with van der Waals surface area (Å²) in [6.07, 6.45) is 1.39. The Kier molecular flexibility index (Phi) is 7.91. The Hall–Kier alpha value is -3.68. The third kappa shape index (κ3) is 6.21. The highest BCUT2D eigenvalue weighted by atomic mass is 16.5. The highest BCUT2D eigenvalue weighted by Crippen LogP contribution is 2.27. The molecule has 34 heavy (non-hydrogen) atoms. The van der Waals surface area contributed by atoms with Crippen LogP contribution in [0.25, 0.3) is 0 Å². The van der Waals surface area contributed by atoms with Crippen LogP contribution in [-0.4, -0.2) is 60.3 Å². The number of ether oxygens (including phenoxy) is 1. The van der Waals surface area contributed by atoms with E-state index in [1.165, 1.54) is 24.5 Å². The molecule has 0 radical (unpaired) electrons. The Morgan fingerprint density at radius 1 is 0.912 bits per heavy atom. The van der Waals surface area contributed by atoms with E-state index in [4.69, 9.17) is 4.74 Å². The van der Waals surface area contributed by atoms with Crippen LogP contribution in [0.15, 0.2) is 77.9 Å². The summed E-state index contributed by atoms with van der Waals surface area (Å²) in [5, 5.41) is 14.0. The molecule has 1 aliphatic rings. The first kappa shape index (κ1) is 23.5. The summed E-state index contributed by atoms with van der Waals surface area (Å²) in [7, 11) is 1.48. The quantitative estimate of drug-likeness (QED) is 0.399. The minimum absolute atomic E-state index is 0.0201. The Morgan fingerprint density at radius 3 is 2.15 bits per heavy atom. The van der Waals surface area contributed by atoms with Gasteiger partial charge in [0.15, 0.2) is 11.5 Å². The molecule has 0 aromatic heterocycles. The predicted molar refractivity (Wildman–Crippen MR) is 133 cm³/mol. The van der Waals surface area contributed by atoms with Gasteiger partial charge < -0.3 is 9.84 Å². The van der Waals surface area contributed by atoms with E-state index in [0.29, 0.717) is 16.9 Å². The van der Waals surface area contributed by atoms with E-state index in [1.54, 1.807) is 18.2 Å². The lowest BCUT2D eigenvalue weighted by Crippen LogP contribution is -2.45. The van der Waals surface area contributed by atoms with Crippen molar-refractivity contribution in [1.29, 1.82) is 0 Å². The number of hydrazone groups is 1. The minimum atomic E-state index is -0.306. The molecule has 1 heterocycles. The fraction of sp³-hybridized carbons (Fsp3) is 0.259. The number of nitrogens with zero attached hydrogens (tertiary/aromatic N) is 3. The second-order valence-corrected chi connectivity index (χ2v) is 8.33. The van der Waals surface area contributed by atoms with E-state index in [1.807, 2.05) is 24.3 Å². The van der Waals surface area contributed by atoms with Crippen molar-refractivity contribution in [2.24, 2.45) is 5.10 Å². The molecule has 7 nitrogen and oxygen atoms in total. The van der Waals surface area contributed by atoms with Gasteiger partial charge in [-0.15, -0.1) is 0 Å². The van der Waals surface area contributed by atoms with Gasteiger partial charge in [0, 0.05) is 50.4 Å². The number of piperazine rings is 1. The lowest BCUT2D eigenvalue weighted by atomic mass is 10.1. The van der Waals surface area contributed by atoms with Crippen LogP contribution < -0.4 is 10.2 Å². The number of phenolic OH excluding ortho intramolecular Hbond substituents is 1. The van der Waals surface area contributed by atoms with Gasteiger partial charge in [-0.2, -0.15) is 5.10 Å². The van der Waals surface area contributed by atoms with Gasteiger partial charge in [-0.3, -0.25) is 14.6 Å². The second-order valence-electron chi connectivity index (χ2n) is 8.33. The Labute approximate surface area is 200 Å². The number of benzene rings is 3. The topological polar surface area (TPSA) is 77.4 Å². The van der Waals surface area contributed by atoms with Gasteiger partial charge in [0.1, 0.15) is 0 Å². The first-order valence-corrected chi connectivity index (χ1v) is 11.4. The number of nitrogens with one attached hydrogen (secondary N) is 1. The summed E-state index contributed by atoms with van der Waals surface area (Å²) < 4.78 is 5.07. The first-order valence-electron chi connectivity index (χ1n) is 11.4. The van der Waals surface area contributed by atoms with Gasteiger partial charge in [0.25, 0.3) is 5.91 Å². The number of hydrogen-bond donors (Lipinski definition) is 2. The average molecular weight is 459 g/mol. The summed E-state index contributed by atoms with van der Waals surface area (Å²) in [6, 6.07) is 23.3. The van der Waals surface area contributed by atoms with Crippen LogP contribution in [0.5, 0.6) is 11.5 Å². The zero-order valence-corrected chi connectivity index (χ0v) is 19.4. The molecule has 1 aliphatic heterocycles. The number of para-hydroxylation sites is 1. The van der Waals surface area contributed by atoms with Crippen molar-refractivity contribution in [3.63, 3.8) is 0 Å². The number of carbonyl (C=O) groups excluding carboxylic acids is 1. The molecule has 7 heteroatoms. The van der Waals surface area contributed by atoms with E-state index in [-0.39, 0.29) is 11.7 Å². The fourth-order valence-electron chi connectivity index (χ4n) is 4.00. The molecular weight excluding hydrogens is 428 g/mol. The van der Waals surface area contributed by atoms with Crippen molar-refractivity contribution in [3.05, 3.63) is 95.1 Å². The van der Waals surface area contributed by atoms with Gasteiger partial charge in [0.05, 0.1) is 13.3 Å². The number of rotatable bonds is 8. The number of methoxy groups -OCH3 is 1. The van der Waals surface area contributed by atoms with Crippen molar-refractivity contribution < 1.29 is 14.6 Å². The SMILES string of the molecule is COc1cccc(/C=N/NC(=O)c2ccc(CN3CCN(Cc4ccccc4)CC3)cc2)c1O. The molecule has 3 aromatic rings. The standard InChI is InChI=1S/C27H30N4O3/c1-34-25-9-5-8-24(26(25)32)18-28-29-27(33)23-12-10-22(11-13-23)20-31-16-14-30(15-17-31)19-21-6-3-2-4-7-21/h2-13,18,32H,14-17,19-20H2,1H3,(H,29,33)/b28-18+. The molecule has 2 N–H and O–H groups in total. The predicted octanol–water partition coefficient (Wildman–Crippen LogP) is 3.48. The van der Waals surface area contributed by atoms with Crippen molar-refractivity contribution in [1.82, 2.24) is 15.2 Å². The highest BCUT2D eigenvalue weighted by molar-refractivity contribution is 5.95. The summed E-state index contributed by atoms with van der Waals surface area (Å²) >= 11 is 0. The number of carbonyl (C=O) groups is 1. The van der Waals surface area contributed by atoms with Crippen molar-refractivity contribution >= 4 is 12.1 Å². The van der Waals surface area contributed by atoms with Crippen molar-refractivity contribution in [2.45, 2.75) is 13.1 Å². The Balaban J connectivity index is 1.24. The third-order valence-electron chi connectivity index (χ3n) is 5.96. The molecule has 1 amide bonds. The van der Waals surface area contributed by atoms with E-state index in [9.17, 15) is 9.90 Å². The van der Waals surface area contributed by atoms with Crippen LogP contribution in [0.2, 0.25) is 0 Å². The summed E-state index contributed by atoms with van der Waals surface area (Å²) in [5.41, 5.74) is 6.02. The lowest BCUT2D eigenvalue weighted by molar-refractivity contribution is 0.0955. The van der Waals surface area contributed by atoms with E-state index < -0.39 is 0 Å². The highest BCUT2D eigenvalue weighted by Gasteiger charge is 2.17. The van der Waals surface area contributed by atoms with Crippen LogP contribution in [0, 0.1) is 0 Å². The minimum Gasteiger partial charge on any atom is -0.504 e. The molecule has 3 aromatic carbocycles. The van der Waals surface area contributed by atoms with Gasteiger partial charge in [-0.25, -0.2) is 5.43 Å². The van der Waals surface area contributed by atoms with Crippen LogP contribution >= 0.6 is 0 Å². The summed E-state index contributed by atoms with van der Waals surface area (Å²) in [6.45, 7) is 6.03. The fourth-order valence-corrected chi connectivity index (χ4v) is 4.00. The normalized spacial score (nSPS) is 14.9. The summed E-state index contributed by atoms with van der Waals surface area (Å²) in [5.74, 6) is 0.0245. The van der Waals surface area contributed by atoms with Crippen LogP contribution in [-0.2, 0) is 13.1 Å². The smallest absolute Gasteiger partial charge is 0.271 e. The average Bonchev–Trinajstić information content (AvgIpc) is 2.87. The van der Waals surface area contributed by atoms with Gasteiger partial charge in [-0.05, 0) is 35.4 Å². The van der Waals surface area contributed by atoms with E-state index >= 15 is 0 Å². The third-order valence-corrected chi connectivity index (χ3v) is 5.96. The molecule has 0 bridgehead atoms.